The molecule has 0 aromatic heterocycles. The van der Waals surface area contributed by atoms with Gasteiger partial charge in [0, 0.05) is 4.75 Å². The Labute approximate surface area is 64.0 Å². The fourth-order valence-electron chi connectivity index (χ4n) is 0.990. The second kappa shape index (κ2) is 2.43. The predicted molar refractivity (Wildman–Crippen MR) is 41.1 cm³/mol. The molecule has 0 aliphatic heterocycles. The minimum absolute atomic E-state index is 0.133. The summed E-state index contributed by atoms with van der Waals surface area (Å²) >= 11 is 1.57. The molecule has 10 heavy (non-hydrogen) atoms. The number of nitrogens with two attached hydrogens (primary N) is 1. The van der Waals surface area contributed by atoms with E-state index in [1.807, 2.05) is 6.26 Å². The van der Waals surface area contributed by atoms with Gasteiger partial charge < -0.3 is 10.8 Å². The van der Waals surface area contributed by atoms with E-state index in [4.69, 9.17) is 10.8 Å². The van der Waals surface area contributed by atoms with E-state index < -0.39 is 12.0 Å². The van der Waals surface area contributed by atoms with E-state index in [0.717, 1.165) is 12.8 Å². The third-order valence-corrected chi connectivity index (χ3v) is 3.46. The van der Waals surface area contributed by atoms with Crippen LogP contribution in [-0.2, 0) is 4.79 Å². The summed E-state index contributed by atoms with van der Waals surface area (Å²) in [5.74, 6) is -0.883. The molecule has 0 aromatic carbocycles. The fraction of sp³-hybridized carbons (Fsp3) is 0.833. The first-order chi connectivity index (χ1) is 4.62. The van der Waals surface area contributed by atoms with Crippen molar-refractivity contribution in [1.29, 1.82) is 0 Å². The first-order valence-corrected chi connectivity index (χ1v) is 4.38. The molecule has 1 fully saturated rings. The number of rotatable bonds is 3. The summed E-state index contributed by atoms with van der Waals surface area (Å²) in [6, 6.07) is -0.678. The van der Waals surface area contributed by atoms with Gasteiger partial charge in [0.15, 0.2) is 0 Å². The van der Waals surface area contributed by atoms with Gasteiger partial charge in [-0.1, -0.05) is 0 Å². The number of thioether (sulfide) groups is 1. The van der Waals surface area contributed by atoms with Crippen LogP contribution in [0.15, 0.2) is 0 Å². The number of carbonyl (C=O) groups is 1. The average Bonchev–Trinajstić information content (AvgIpc) is 2.66. The second-order valence-corrected chi connectivity index (χ2v) is 3.81. The van der Waals surface area contributed by atoms with Crippen LogP contribution in [0.4, 0.5) is 0 Å². The first-order valence-electron chi connectivity index (χ1n) is 3.16. The van der Waals surface area contributed by atoms with Crippen molar-refractivity contribution in [3.05, 3.63) is 0 Å². The molecule has 0 radical (unpaired) electrons. The van der Waals surface area contributed by atoms with Gasteiger partial charge in [-0.2, -0.15) is 11.8 Å². The van der Waals surface area contributed by atoms with Crippen LogP contribution in [0.1, 0.15) is 12.8 Å². The van der Waals surface area contributed by atoms with E-state index in [1.54, 1.807) is 11.8 Å². The van der Waals surface area contributed by atoms with Crippen LogP contribution >= 0.6 is 11.8 Å². The highest BCUT2D eigenvalue weighted by molar-refractivity contribution is 8.00. The Morgan fingerprint density at radius 1 is 1.80 bits per heavy atom. The lowest BCUT2D eigenvalue weighted by Crippen LogP contribution is -2.41. The Morgan fingerprint density at radius 2 is 2.30 bits per heavy atom. The molecule has 1 atom stereocenters. The van der Waals surface area contributed by atoms with Gasteiger partial charge in [0.25, 0.3) is 0 Å². The third kappa shape index (κ3) is 1.13. The molecule has 4 heteroatoms. The Morgan fingerprint density at radius 3 is 2.40 bits per heavy atom. The Bertz CT molecular complexity index is 156. The maximum absolute atomic E-state index is 10.4. The number of aliphatic carboxylic acids is 1. The molecule has 0 heterocycles. The summed E-state index contributed by atoms with van der Waals surface area (Å²) in [4.78, 5) is 10.4. The van der Waals surface area contributed by atoms with Gasteiger partial charge in [-0.3, -0.25) is 4.79 Å². The van der Waals surface area contributed by atoms with Gasteiger partial charge in [-0.05, 0) is 19.1 Å². The number of hydrogen-bond donors (Lipinski definition) is 2. The molecule has 0 aromatic rings. The van der Waals surface area contributed by atoms with Crippen molar-refractivity contribution in [2.24, 2.45) is 5.73 Å². The van der Waals surface area contributed by atoms with Crippen LogP contribution in [-0.4, -0.2) is 28.1 Å². The SMILES string of the molecule is CSC1(C(N)C(=O)O)CC1. The third-order valence-electron chi connectivity index (χ3n) is 1.98. The van der Waals surface area contributed by atoms with E-state index in [1.165, 1.54) is 0 Å². The minimum atomic E-state index is -0.883. The van der Waals surface area contributed by atoms with Crippen LogP contribution < -0.4 is 5.73 Å². The number of hydrogen-bond acceptors (Lipinski definition) is 3. The van der Waals surface area contributed by atoms with Crippen LogP contribution in [0.2, 0.25) is 0 Å². The van der Waals surface area contributed by atoms with Crippen molar-refractivity contribution in [3.63, 3.8) is 0 Å². The minimum Gasteiger partial charge on any atom is -0.480 e. The quantitative estimate of drug-likeness (QED) is 0.624. The highest BCUT2D eigenvalue weighted by Crippen LogP contribution is 2.49. The molecular formula is C6H11NO2S. The van der Waals surface area contributed by atoms with Gasteiger partial charge in [0.05, 0.1) is 0 Å². The van der Waals surface area contributed by atoms with Crippen LogP contribution in [0.5, 0.6) is 0 Å². The van der Waals surface area contributed by atoms with Gasteiger partial charge in [-0.15, -0.1) is 0 Å². The largest absolute Gasteiger partial charge is 0.480 e. The summed E-state index contributed by atoms with van der Waals surface area (Å²) < 4.78 is -0.133. The van der Waals surface area contributed by atoms with Gasteiger partial charge >= 0.3 is 5.97 Å². The van der Waals surface area contributed by atoms with Crippen LogP contribution in [0.25, 0.3) is 0 Å². The maximum Gasteiger partial charge on any atom is 0.321 e. The molecule has 3 N–H and O–H groups in total. The lowest BCUT2D eigenvalue weighted by molar-refractivity contribution is -0.138. The summed E-state index contributed by atoms with van der Waals surface area (Å²) in [6.07, 6.45) is 3.80. The molecule has 1 aliphatic carbocycles. The molecule has 1 aliphatic rings. The summed E-state index contributed by atoms with van der Waals surface area (Å²) in [5, 5.41) is 8.55. The zero-order valence-corrected chi connectivity index (χ0v) is 6.65. The molecule has 0 amide bonds. The highest BCUT2D eigenvalue weighted by Gasteiger charge is 2.50. The Balaban J connectivity index is 2.55. The van der Waals surface area contributed by atoms with Crippen LogP contribution in [0.3, 0.4) is 0 Å². The molecule has 1 saturated carbocycles. The smallest absolute Gasteiger partial charge is 0.321 e. The molecule has 3 nitrogen and oxygen atoms in total. The monoisotopic (exact) mass is 161 g/mol. The topological polar surface area (TPSA) is 63.3 Å². The van der Waals surface area contributed by atoms with Crippen molar-refractivity contribution in [3.8, 4) is 0 Å². The Kier molecular flexibility index (Phi) is 1.92. The first kappa shape index (κ1) is 7.88. The Hall–Kier alpha value is -0.220. The van der Waals surface area contributed by atoms with Crippen molar-refractivity contribution < 1.29 is 9.90 Å². The molecule has 0 saturated heterocycles. The summed E-state index contributed by atoms with van der Waals surface area (Å²) in [5.41, 5.74) is 5.45. The molecule has 1 rings (SSSR count). The van der Waals surface area contributed by atoms with Gasteiger partial charge in [0.1, 0.15) is 6.04 Å². The predicted octanol–water partition coefficient (Wildman–Crippen LogP) is 0.294. The normalized spacial score (nSPS) is 23.8. The highest BCUT2D eigenvalue weighted by atomic mass is 32.2. The van der Waals surface area contributed by atoms with Crippen LogP contribution in [0, 0.1) is 0 Å². The van der Waals surface area contributed by atoms with E-state index in [-0.39, 0.29) is 4.75 Å². The van der Waals surface area contributed by atoms with E-state index in [9.17, 15) is 4.79 Å². The zero-order valence-electron chi connectivity index (χ0n) is 5.83. The van der Waals surface area contributed by atoms with Crippen molar-refractivity contribution in [2.75, 3.05) is 6.26 Å². The zero-order chi connectivity index (χ0) is 7.78. The van der Waals surface area contributed by atoms with Crippen molar-refractivity contribution >= 4 is 17.7 Å². The van der Waals surface area contributed by atoms with Crippen molar-refractivity contribution in [2.45, 2.75) is 23.6 Å². The lowest BCUT2D eigenvalue weighted by atomic mass is 10.2. The molecule has 58 valence electrons. The van der Waals surface area contributed by atoms with E-state index in [2.05, 4.69) is 0 Å². The second-order valence-electron chi connectivity index (χ2n) is 2.58. The molecule has 0 bridgehead atoms. The van der Waals surface area contributed by atoms with Gasteiger partial charge in [-0.25, -0.2) is 0 Å². The average molecular weight is 161 g/mol. The fourth-order valence-corrected chi connectivity index (χ4v) is 1.86. The molecular weight excluding hydrogens is 150 g/mol. The summed E-state index contributed by atoms with van der Waals surface area (Å²) in [7, 11) is 0. The number of carboxylic acids is 1. The molecule has 0 spiro atoms. The lowest BCUT2D eigenvalue weighted by Gasteiger charge is -2.15. The van der Waals surface area contributed by atoms with Gasteiger partial charge in [0.2, 0.25) is 0 Å². The van der Waals surface area contributed by atoms with Crippen molar-refractivity contribution in [1.82, 2.24) is 0 Å². The standard InChI is InChI=1S/C6H11NO2S/c1-10-6(2-3-6)4(7)5(8)9/h4H,2-3,7H2,1H3,(H,8,9). The number of carboxylic acid groups (broad SMARTS) is 1. The summed E-state index contributed by atoms with van der Waals surface area (Å²) in [6.45, 7) is 0. The van der Waals surface area contributed by atoms with E-state index in [0.29, 0.717) is 0 Å². The maximum atomic E-state index is 10.4. The van der Waals surface area contributed by atoms with E-state index >= 15 is 0 Å². The molecule has 1 unspecified atom stereocenters.